The molecule has 2 aromatic heterocycles. The number of rotatable bonds is 6. The van der Waals surface area contributed by atoms with Crippen LogP contribution in [0.3, 0.4) is 0 Å². The lowest BCUT2D eigenvalue weighted by Gasteiger charge is -2.16. The fourth-order valence-corrected chi connectivity index (χ4v) is 2.48. The van der Waals surface area contributed by atoms with Crippen molar-refractivity contribution < 1.29 is 4.79 Å². The van der Waals surface area contributed by atoms with Crippen LogP contribution in [-0.4, -0.2) is 32.9 Å². The molecule has 6 heteroatoms. The fraction of sp³-hybridized carbons (Fsp3) is 0.533. The second kappa shape index (κ2) is 6.89. The normalized spacial score (nSPS) is 12.6. The number of pyridine rings is 1. The number of hydrogen-bond donors (Lipinski definition) is 1. The summed E-state index contributed by atoms with van der Waals surface area (Å²) in [7, 11) is 0. The Morgan fingerprint density at radius 2 is 2.29 bits per heavy atom. The van der Waals surface area contributed by atoms with Gasteiger partial charge in [0, 0.05) is 25.0 Å². The highest BCUT2D eigenvalue weighted by Gasteiger charge is 2.21. The van der Waals surface area contributed by atoms with E-state index < -0.39 is 0 Å². The molecule has 1 amide bonds. The van der Waals surface area contributed by atoms with Gasteiger partial charge >= 0.3 is 0 Å². The lowest BCUT2D eigenvalue weighted by atomic mass is 10.2. The van der Waals surface area contributed by atoms with Crippen LogP contribution in [0.25, 0.3) is 11.2 Å². The summed E-state index contributed by atoms with van der Waals surface area (Å²) in [6.45, 7) is 6.55. The maximum absolute atomic E-state index is 12.2. The molecule has 0 spiro atoms. The highest BCUT2D eigenvalue weighted by atomic mass is 35.5. The topological polar surface area (TPSA) is 59.8 Å². The van der Waals surface area contributed by atoms with E-state index in [1.165, 1.54) is 0 Å². The number of aromatic nitrogens is 3. The van der Waals surface area contributed by atoms with Gasteiger partial charge in [-0.2, -0.15) is 0 Å². The maximum Gasteiger partial charge on any atom is 0.242 e. The molecule has 1 atom stereocenters. The molecule has 1 unspecified atom stereocenters. The first-order valence-corrected chi connectivity index (χ1v) is 7.79. The summed E-state index contributed by atoms with van der Waals surface area (Å²) in [6.07, 6.45) is 3.32. The van der Waals surface area contributed by atoms with Gasteiger partial charge in [0.2, 0.25) is 5.91 Å². The standard InChI is InChI=1S/C15H21ClN4O/c1-4-7-17-15(21)11(3)20-13(5-6-16)19-12-8-10(2)9-18-14(12)20/h8-9,11H,4-7H2,1-3H3,(H,17,21). The zero-order valence-corrected chi connectivity index (χ0v) is 13.4. The molecular weight excluding hydrogens is 288 g/mol. The smallest absolute Gasteiger partial charge is 0.242 e. The van der Waals surface area contributed by atoms with Crippen LogP contribution in [0.15, 0.2) is 12.3 Å². The average Bonchev–Trinajstić information content (AvgIpc) is 2.81. The number of alkyl halides is 1. The summed E-state index contributed by atoms with van der Waals surface area (Å²) >= 11 is 5.86. The highest BCUT2D eigenvalue weighted by Crippen LogP contribution is 2.21. The maximum atomic E-state index is 12.2. The largest absolute Gasteiger partial charge is 0.354 e. The van der Waals surface area contributed by atoms with Crippen LogP contribution in [0.5, 0.6) is 0 Å². The van der Waals surface area contributed by atoms with E-state index in [9.17, 15) is 4.79 Å². The van der Waals surface area contributed by atoms with Gasteiger partial charge in [-0.05, 0) is 31.9 Å². The average molecular weight is 309 g/mol. The molecule has 5 nitrogen and oxygen atoms in total. The number of nitrogens with zero attached hydrogens (tertiary/aromatic N) is 3. The van der Waals surface area contributed by atoms with E-state index in [1.807, 2.05) is 31.4 Å². The van der Waals surface area contributed by atoms with Crippen LogP contribution < -0.4 is 5.32 Å². The molecule has 0 aliphatic rings. The Labute approximate surface area is 129 Å². The highest BCUT2D eigenvalue weighted by molar-refractivity contribution is 6.17. The number of hydrogen-bond acceptors (Lipinski definition) is 3. The van der Waals surface area contributed by atoms with Crippen LogP contribution in [0, 0.1) is 6.92 Å². The van der Waals surface area contributed by atoms with E-state index in [1.54, 1.807) is 6.20 Å². The predicted molar refractivity (Wildman–Crippen MR) is 84.7 cm³/mol. The van der Waals surface area contributed by atoms with Gasteiger partial charge in [-0.1, -0.05) is 6.92 Å². The van der Waals surface area contributed by atoms with Gasteiger partial charge in [-0.15, -0.1) is 11.6 Å². The van der Waals surface area contributed by atoms with Crippen LogP contribution in [0.4, 0.5) is 0 Å². The Morgan fingerprint density at radius 3 is 2.95 bits per heavy atom. The molecule has 21 heavy (non-hydrogen) atoms. The quantitative estimate of drug-likeness (QED) is 0.835. The lowest BCUT2D eigenvalue weighted by molar-refractivity contribution is -0.123. The number of aryl methyl sites for hydroxylation is 2. The number of fused-ring (bicyclic) bond motifs is 1. The molecule has 0 bridgehead atoms. The second-order valence-corrected chi connectivity index (χ2v) is 5.54. The lowest BCUT2D eigenvalue weighted by Crippen LogP contribution is -2.32. The van der Waals surface area contributed by atoms with Crippen molar-refractivity contribution in [2.75, 3.05) is 12.4 Å². The van der Waals surface area contributed by atoms with Crippen molar-refractivity contribution in [3.05, 3.63) is 23.7 Å². The molecule has 2 heterocycles. The number of carbonyl (C=O) groups is 1. The molecule has 0 fully saturated rings. The summed E-state index contributed by atoms with van der Waals surface area (Å²) in [5.41, 5.74) is 2.60. The first kappa shape index (κ1) is 15.8. The van der Waals surface area contributed by atoms with Gasteiger partial charge in [-0.25, -0.2) is 9.97 Å². The van der Waals surface area contributed by atoms with Crippen molar-refractivity contribution in [3.63, 3.8) is 0 Å². The Bertz CT molecular complexity index is 638. The van der Waals surface area contributed by atoms with E-state index in [2.05, 4.69) is 15.3 Å². The molecule has 2 aromatic rings. The van der Waals surface area contributed by atoms with E-state index in [4.69, 9.17) is 11.6 Å². The summed E-state index contributed by atoms with van der Waals surface area (Å²) in [5.74, 6) is 1.25. The number of amides is 1. The minimum Gasteiger partial charge on any atom is -0.354 e. The van der Waals surface area contributed by atoms with E-state index in [-0.39, 0.29) is 11.9 Å². The van der Waals surface area contributed by atoms with E-state index in [0.29, 0.717) is 18.8 Å². The molecule has 0 aliphatic heterocycles. The number of imidazole rings is 1. The van der Waals surface area contributed by atoms with Gasteiger partial charge < -0.3 is 9.88 Å². The Hall–Kier alpha value is -1.62. The molecule has 0 saturated heterocycles. The van der Waals surface area contributed by atoms with Gasteiger partial charge in [0.1, 0.15) is 17.4 Å². The molecule has 0 aliphatic carbocycles. The zero-order chi connectivity index (χ0) is 15.4. The zero-order valence-electron chi connectivity index (χ0n) is 12.7. The Morgan fingerprint density at radius 1 is 1.52 bits per heavy atom. The van der Waals surface area contributed by atoms with Crippen molar-refractivity contribution >= 4 is 28.7 Å². The monoisotopic (exact) mass is 308 g/mol. The van der Waals surface area contributed by atoms with E-state index in [0.717, 1.165) is 29.0 Å². The second-order valence-electron chi connectivity index (χ2n) is 5.16. The van der Waals surface area contributed by atoms with Gasteiger partial charge in [0.25, 0.3) is 0 Å². The molecule has 0 aromatic carbocycles. The third-order valence-corrected chi connectivity index (χ3v) is 3.56. The molecule has 0 saturated carbocycles. The summed E-state index contributed by atoms with van der Waals surface area (Å²) in [6, 6.07) is 1.63. The summed E-state index contributed by atoms with van der Waals surface area (Å²) in [5, 5.41) is 2.92. The minimum atomic E-state index is -0.352. The molecule has 0 radical (unpaired) electrons. The molecule has 114 valence electrons. The van der Waals surface area contributed by atoms with Crippen LogP contribution in [0.2, 0.25) is 0 Å². The number of nitrogens with one attached hydrogen (secondary N) is 1. The van der Waals surface area contributed by atoms with Crippen LogP contribution in [-0.2, 0) is 11.2 Å². The van der Waals surface area contributed by atoms with Crippen LogP contribution >= 0.6 is 11.6 Å². The van der Waals surface area contributed by atoms with Crippen molar-refractivity contribution in [1.82, 2.24) is 19.9 Å². The van der Waals surface area contributed by atoms with Gasteiger partial charge in [-0.3, -0.25) is 4.79 Å². The van der Waals surface area contributed by atoms with Gasteiger partial charge in [0.05, 0.1) is 0 Å². The Kier molecular flexibility index (Phi) is 5.17. The third-order valence-electron chi connectivity index (χ3n) is 3.37. The van der Waals surface area contributed by atoms with Crippen molar-refractivity contribution in [1.29, 1.82) is 0 Å². The predicted octanol–water partition coefficient (Wildman–Crippen LogP) is 2.61. The summed E-state index contributed by atoms with van der Waals surface area (Å²) in [4.78, 5) is 21.3. The molecular formula is C15H21ClN4O. The third kappa shape index (κ3) is 3.35. The Balaban J connectivity index is 2.44. The van der Waals surface area contributed by atoms with Gasteiger partial charge in [0.15, 0.2) is 5.65 Å². The molecule has 1 N–H and O–H groups in total. The van der Waals surface area contributed by atoms with Crippen molar-refractivity contribution in [3.8, 4) is 0 Å². The SMILES string of the molecule is CCCNC(=O)C(C)n1c(CCCl)nc2cc(C)cnc21. The van der Waals surface area contributed by atoms with Crippen molar-refractivity contribution in [2.24, 2.45) is 0 Å². The van der Waals surface area contributed by atoms with Crippen LogP contribution in [0.1, 0.15) is 37.7 Å². The number of carbonyl (C=O) groups excluding carboxylic acids is 1. The first-order valence-electron chi connectivity index (χ1n) is 7.25. The molecule has 2 rings (SSSR count). The van der Waals surface area contributed by atoms with E-state index >= 15 is 0 Å². The number of halogens is 1. The first-order chi connectivity index (χ1) is 10.1. The fourth-order valence-electron chi connectivity index (χ4n) is 2.31. The minimum absolute atomic E-state index is 0.0191. The summed E-state index contributed by atoms with van der Waals surface area (Å²) < 4.78 is 1.89. The van der Waals surface area contributed by atoms with Crippen molar-refractivity contribution in [2.45, 2.75) is 39.7 Å².